The molecule has 238 valence electrons. The Kier molecular flexibility index (Phi) is 13.0. The summed E-state index contributed by atoms with van der Waals surface area (Å²) in [6.45, 7) is 7.74. The van der Waals surface area contributed by atoms with Crippen LogP contribution in [0.25, 0.3) is 0 Å². The average molecular weight is 617 g/mol. The minimum Gasteiger partial charge on any atom is -0.497 e. The smallest absolute Gasteiger partial charge is 0.243 e. The van der Waals surface area contributed by atoms with Crippen LogP contribution < -0.4 is 20.7 Å². The van der Waals surface area contributed by atoms with Crippen LogP contribution in [0, 0.1) is 11.8 Å². The number of aliphatic hydroxyl groups is 1. The lowest BCUT2D eigenvalue weighted by Crippen LogP contribution is -2.57. The van der Waals surface area contributed by atoms with Gasteiger partial charge in [-0.1, -0.05) is 64.4 Å². The molecule has 4 N–H and O–H groups in total. The summed E-state index contributed by atoms with van der Waals surface area (Å²) in [6, 6.07) is 14.3. The zero-order valence-electron chi connectivity index (χ0n) is 26.0. The van der Waals surface area contributed by atoms with E-state index in [0.717, 1.165) is 18.4 Å². The first-order chi connectivity index (χ1) is 20.4. The average Bonchev–Trinajstić information content (AvgIpc) is 3.82. The fraction of sp³-hybridized carbons (Fsp3) is 0.562. The summed E-state index contributed by atoms with van der Waals surface area (Å²) in [4.78, 5) is 26.4. The van der Waals surface area contributed by atoms with Crippen molar-refractivity contribution in [1.29, 1.82) is 0 Å². The zero-order valence-corrected chi connectivity index (χ0v) is 26.8. The highest BCUT2D eigenvalue weighted by molar-refractivity contribution is 7.89. The van der Waals surface area contributed by atoms with Crippen LogP contribution in [0.4, 0.5) is 0 Å². The minimum absolute atomic E-state index is 0.0170. The van der Waals surface area contributed by atoms with Crippen LogP contribution in [-0.2, 0) is 26.0 Å². The van der Waals surface area contributed by atoms with Gasteiger partial charge >= 0.3 is 0 Å². The number of aliphatic hydroxyl groups excluding tert-OH is 1. The Morgan fingerprint density at radius 2 is 1.65 bits per heavy atom. The van der Waals surface area contributed by atoms with Gasteiger partial charge in [-0.3, -0.25) is 9.59 Å². The lowest BCUT2D eigenvalue weighted by atomic mass is 9.96. The highest BCUT2D eigenvalue weighted by atomic mass is 32.2. The maximum absolute atomic E-state index is 13.7. The first kappa shape index (κ1) is 34.5. The Morgan fingerprint density at radius 3 is 2.21 bits per heavy atom. The molecular weight excluding hydrogens is 568 g/mol. The molecule has 0 aliphatic heterocycles. The molecule has 0 heterocycles. The van der Waals surface area contributed by atoms with Gasteiger partial charge in [0.2, 0.25) is 21.8 Å². The summed E-state index contributed by atoms with van der Waals surface area (Å²) in [5.74, 6) is -0.320. The minimum atomic E-state index is -3.97. The fourth-order valence-corrected chi connectivity index (χ4v) is 6.41. The van der Waals surface area contributed by atoms with E-state index in [1.54, 1.807) is 12.1 Å². The number of hydrogen-bond donors (Lipinski definition) is 4. The number of benzene rings is 2. The number of amides is 2. The van der Waals surface area contributed by atoms with E-state index in [9.17, 15) is 23.1 Å². The quantitative estimate of drug-likeness (QED) is 0.202. The normalized spacial score (nSPS) is 16.4. The molecule has 1 fully saturated rings. The van der Waals surface area contributed by atoms with Gasteiger partial charge in [0.1, 0.15) is 11.8 Å². The van der Waals surface area contributed by atoms with Gasteiger partial charge in [0.05, 0.1) is 30.7 Å². The molecule has 0 aromatic heterocycles. The molecule has 0 spiro atoms. The van der Waals surface area contributed by atoms with E-state index in [4.69, 9.17) is 4.74 Å². The van der Waals surface area contributed by atoms with Crippen LogP contribution in [0.15, 0.2) is 59.5 Å². The molecule has 4 unspecified atom stereocenters. The second-order valence-corrected chi connectivity index (χ2v) is 13.8. The third-order valence-electron chi connectivity index (χ3n) is 7.69. The largest absolute Gasteiger partial charge is 0.497 e. The number of hydrogen-bond acceptors (Lipinski definition) is 7. The Hall–Kier alpha value is -2.99. The molecule has 0 bridgehead atoms. The van der Waals surface area contributed by atoms with Crippen molar-refractivity contribution < 1.29 is 27.9 Å². The van der Waals surface area contributed by atoms with Gasteiger partial charge in [0.25, 0.3) is 0 Å². The highest BCUT2D eigenvalue weighted by Gasteiger charge is 2.34. The standard InChI is InChI=1S/C32H48N4O6S/c1-6-23(4)31(35-30(38)19-33-25-12-13-25)32(39)34-28(18-24-10-8-7-9-11-24)29(37)21-36(20-22(2)3)43(40,41)27-16-14-26(42-5)15-17-27/h7-11,14-17,22-23,25,28-29,31,33,37H,6,12-13,18-21H2,1-5H3,(H,34,39)(H,35,38). The van der Waals surface area contributed by atoms with E-state index in [1.807, 2.05) is 58.0 Å². The Morgan fingerprint density at radius 1 is 1.00 bits per heavy atom. The number of rotatable bonds is 18. The maximum Gasteiger partial charge on any atom is 0.243 e. The van der Waals surface area contributed by atoms with Gasteiger partial charge < -0.3 is 25.8 Å². The first-order valence-electron chi connectivity index (χ1n) is 15.1. The lowest BCUT2D eigenvalue weighted by Gasteiger charge is -2.32. The summed E-state index contributed by atoms with van der Waals surface area (Å²) >= 11 is 0. The van der Waals surface area contributed by atoms with Gasteiger partial charge in [0, 0.05) is 19.1 Å². The molecule has 2 amide bonds. The molecule has 4 atom stereocenters. The molecule has 0 saturated heterocycles. The zero-order chi connectivity index (χ0) is 31.6. The van der Waals surface area contributed by atoms with Crippen LogP contribution in [0.5, 0.6) is 5.75 Å². The molecule has 43 heavy (non-hydrogen) atoms. The van der Waals surface area contributed by atoms with Crippen LogP contribution in [0.3, 0.4) is 0 Å². The van der Waals surface area contributed by atoms with Crippen molar-refractivity contribution >= 4 is 21.8 Å². The number of nitrogens with one attached hydrogen (secondary N) is 3. The van der Waals surface area contributed by atoms with Crippen molar-refractivity contribution in [2.45, 2.75) is 82.5 Å². The molecule has 1 aliphatic carbocycles. The molecule has 2 aromatic rings. The van der Waals surface area contributed by atoms with E-state index < -0.39 is 34.1 Å². The third-order valence-corrected chi connectivity index (χ3v) is 9.53. The van der Waals surface area contributed by atoms with Crippen LogP contribution >= 0.6 is 0 Å². The first-order valence-corrected chi connectivity index (χ1v) is 16.6. The number of methoxy groups -OCH3 is 1. The number of carbonyl (C=O) groups excluding carboxylic acids is 2. The van der Waals surface area contributed by atoms with Crippen molar-refractivity contribution in [2.75, 3.05) is 26.7 Å². The molecule has 0 radical (unpaired) electrons. The van der Waals surface area contributed by atoms with Gasteiger partial charge in [-0.15, -0.1) is 0 Å². The van der Waals surface area contributed by atoms with Gasteiger partial charge in [0.15, 0.2) is 0 Å². The lowest BCUT2D eigenvalue weighted by molar-refractivity contribution is -0.131. The third kappa shape index (κ3) is 10.6. The molecule has 11 heteroatoms. The predicted octanol–water partition coefficient (Wildman–Crippen LogP) is 2.71. The van der Waals surface area contributed by atoms with Gasteiger partial charge in [-0.2, -0.15) is 4.31 Å². The fourth-order valence-electron chi connectivity index (χ4n) is 4.79. The molecule has 3 rings (SSSR count). The summed E-state index contributed by atoms with van der Waals surface area (Å²) in [5.41, 5.74) is 0.873. The molecule has 10 nitrogen and oxygen atoms in total. The summed E-state index contributed by atoms with van der Waals surface area (Å²) in [6.07, 6.45) is 1.78. The van der Waals surface area contributed by atoms with Crippen LogP contribution in [0.1, 0.15) is 52.5 Å². The van der Waals surface area contributed by atoms with E-state index in [2.05, 4.69) is 16.0 Å². The highest BCUT2D eigenvalue weighted by Crippen LogP contribution is 2.22. The summed E-state index contributed by atoms with van der Waals surface area (Å²) in [5, 5.41) is 20.6. The van der Waals surface area contributed by atoms with Crippen LogP contribution in [0.2, 0.25) is 0 Å². The van der Waals surface area contributed by atoms with Crippen molar-refractivity contribution in [3.8, 4) is 5.75 Å². The van der Waals surface area contributed by atoms with E-state index >= 15 is 0 Å². The summed E-state index contributed by atoms with van der Waals surface area (Å²) < 4.78 is 33.9. The Labute approximate surface area is 256 Å². The van der Waals surface area contributed by atoms with Crippen molar-refractivity contribution in [3.63, 3.8) is 0 Å². The van der Waals surface area contributed by atoms with Crippen molar-refractivity contribution in [1.82, 2.24) is 20.3 Å². The van der Waals surface area contributed by atoms with E-state index in [0.29, 0.717) is 18.2 Å². The monoisotopic (exact) mass is 616 g/mol. The Balaban J connectivity index is 1.84. The molecular formula is C32H48N4O6S. The number of nitrogens with zero attached hydrogens (tertiary/aromatic N) is 1. The van der Waals surface area contributed by atoms with Crippen LogP contribution in [-0.4, -0.2) is 80.6 Å². The SMILES string of the molecule is CCC(C)C(NC(=O)CNC1CC1)C(=O)NC(Cc1ccccc1)C(O)CN(CC(C)C)S(=O)(=O)c1ccc(OC)cc1. The predicted molar refractivity (Wildman–Crippen MR) is 167 cm³/mol. The second kappa shape index (κ2) is 16.2. The van der Waals surface area contributed by atoms with Gasteiger partial charge in [-0.25, -0.2) is 8.42 Å². The molecule has 1 saturated carbocycles. The number of ether oxygens (including phenoxy) is 1. The van der Waals surface area contributed by atoms with E-state index in [-0.39, 0.29) is 48.7 Å². The van der Waals surface area contributed by atoms with Gasteiger partial charge in [-0.05, 0) is 60.9 Å². The van der Waals surface area contributed by atoms with E-state index in [1.165, 1.54) is 23.5 Å². The van der Waals surface area contributed by atoms with Crippen molar-refractivity contribution in [2.24, 2.45) is 11.8 Å². The molecule has 2 aromatic carbocycles. The molecule has 1 aliphatic rings. The Bertz CT molecular complexity index is 1270. The number of sulfonamides is 1. The topological polar surface area (TPSA) is 137 Å². The maximum atomic E-state index is 13.7. The number of carbonyl (C=O) groups is 2. The summed E-state index contributed by atoms with van der Waals surface area (Å²) in [7, 11) is -2.46. The second-order valence-electron chi connectivity index (χ2n) is 11.8. The van der Waals surface area contributed by atoms with Crippen molar-refractivity contribution in [3.05, 3.63) is 60.2 Å².